The van der Waals surface area contributed by atoms with E-state index in [1.54, 1.807) is 6.07 Å². The molecule has 1 atom stereocenters. The number of fused-ring (bicyclic) bond motifs is 3. The summed E-state index contributed by atoms with van der Waals surface area (Å²) in [5, 5.41) is 22.2. The molecule has 6 nitrogen and oxygen atoms in total. The van der Waals surface area contributed by atoms with Gasteiger partial charge < -0.3 is 20.1 Å². The molecule has 3 N–H and O–H groups in total. The summed E-state index contributed by atoms with van der Waals surface area (Å²) in [7, 11) is 0. The minimum Gasteiger partial charge on any atom is -0.478 e. The lowest BCUT2D eigenvalue weighted by Crippen LogP contribution is -2.26. The summed E-state index contributed by atoms with van der Waals surface area (Å²) in [5.74, 6) is 0.230. The fourth-order valence-corrected chi connectivity index (χ4v) is 3.47. The maximum absolute atomic E-state index is 12.1. The molecule has 2 heterocycles. The third-order valence-corrected chi connectivity index (χ3v) is 4.92. The lowest BCUT2D eigenvalue weighted by atomic mass is 9.97. The van der Waals surface area contributed by atoms with Crippen molar-refractivity contribution in [3.8, 4) is 11.8 Å². The first-order chi connectivity index (χ1) is 11.6. The molecule has 24 heavy (non-hydrogen) atoms. The summed E-state index contributed by atoms with van der Waals surface area (Å²) in [6.07, 6.45) is 0.665. The molecule has 1 aromatic heterocycles. The number of aromatic nitrogens is 1. The topological polar surface area (TPSA) is 98.1 Å². The van der Waals surface area contributed by atoms with Gasteiger partial charge in [0, 0.05) is 36.2 Å². The normalized spacial score (nSPS) is 17.1. The number of halogens is 2. The molecule has 1 amide bonds. The highest BCUT2D eigenvalue weighted by atomic mass is 35.5. The van der Waals surface area contributed by atoms with E-state index in [1.807, 2.05) is 6.07 Å². The van der Waals surface area contributed by atoms with E-state index in [-0.39, 0.29) is 31.5 Å². The van der Waals surface area contributed by atoms with Crippen molar-refractivity contribution >= 4 is 40.0 Å². The molecule has 8 heteroatoms. The number of benzene rings is 1. The summed E-state index contributed by atoms with van der Waals surface area (Å²) in [6.45, 7) is 0.292. The van der Waals surface area contributed by atoms with Gasteiger partial charge in [-0.2, -0.15) is 5.26 Å². The Morgan fingerprint density at radius 1 is 1.46 bits per heavy atom. The average Bonchev–Trinajstić information content (AvgIpc) is 2.85. The van der Waals surface area contributed by atoms with Crippen LogP contribution in [-0.2, 0) is 11.2 Å². The van der Waals surface area contributed by atoms with Crippen LogP contribution in [0.5, 0.6) is 5.75 Å². The fourth-order valence-electron chi connectivity index (χ4n) is 3.09. The lowest BCUT2D eigenvalue weighted by Gasteiger charge is -2.13. The maximum Gasteiger partial charge on any atom is 0.224 e. The van der Waals surface area contributed by atoms with E-state index in [0.29, 0.717) is 39.7 Å². The quantitative estimate of drug-likeness (QED) is 0.772. The number of nitriles is 1. The van der Waals surface area contributed by atoms with Gasteiger partial charge >= 0.3 is 0 Å². The second kappa shape index (κ2) is 6.89. The van der Waals surface area contributed by atoms with E-state index in [1.165, 1.54) is 0 Å². The molecule has 0 spiro atoms. The number of aliphatic hydroxyl groups is 1. The van der Waals surface area contributed by atoms with Crippen LogP contribution in [0.25, 0.3) is 10.9 Å². The van der Waals surface area contributed by atoms with Crippen LogP contribution in [0, 0.1) is 11.3 Å². The minimum absolute atomic E-state index is 0.00161. The van der Waals surface area contributed by atoms with Gasteiger partial charge in [0.05, 0.1) is 22.0 Å². The van der Waals surface area contributed by atoms with Gasteiger partial charge in [-0.15, -0.1) is 0 Å². The number of nitrogens with zero attached hydrogens (tertiary/aromatic N) is 1. The van der Waals surface area contributed by atoms with E-state index in [9.17, 15) is 9.90 Å². The molecule has 0 fully saturated rings. The number of aromatic amines is 1. The monoisotopic (exact) mass is 367 g/mol. The largest absolute Gasteiger partial charge is 0.478 e. The number of hydrogen-bond donors (Lipinski definition) is 3. The Hall–Kier alpha value is -1.94. The van der Waals surface area contributed by atoms with Gasteiger partial charge in [0.1, 0.15) is 11.8 Å². The lowest BCUT2D eigenvalue weighted by molar-refractivity contribution is -0.120. The van der Waals surface area contributed by atoms with E-state index in [0.717, 1.165) is 11.3 Å². The highest BCUT2D eigenvalue weighted by molar-refractivity contribution is 6.45. The molecule has 1 aromatic carbocycles. The van der Waals surface area contributed by atoms with Gasteiger partial charge in [-0.3, -0.25) is 4.79 Å². The Morgan fingerprint density at radius 3 is 2.96 bits per heavy atom. The van der Waals surface area contributed by atoms with Gasteiger partial charge in [0.25, 0.3) is 0 Å². The zero-order valence-electron chi connectivity index (χ0n) is 12.7. The average molecular weight is 368 g/mol. The SMILES string of the molecule is N#CCOc1cc(Cl)c(Cl)c2[nH]c3c(c12)CC(=O)NCC3CCO. The van der Waals surface area contributed by atoms with Crippen molar-refractivity contribution in [1.82, 2.24) is 10.3 Å². The van der Waals surface area contributed by atoms with Crippen molar-refractivity contribution in [2.45, 2.75) is 18.8 Å². The van der Waals surface area contributed by atoms with Crippen LogP contribution in [0.2, 0.25) is 10.0 Å². The number of rotatable bonds is 4. The Labute approximate surface area is 148 Å². The molecule has 0 aliphatic carbocycles. The Kier molecular flexibility index (Phi) is 4.86. The van der Waals surface area contributed by atoms with E-state index in [2.05, 4.69) is 10.3 Å². The number of carbonyl (C=O) groups is 1. The number of amides is 1. The van der Waals surface area contributed by atoms with Gasteiger partial charge in [-0.05, 0) is 12.0 Å². The zero-order valence-corrected chi connectivity index (χ0v) is 14.2. The van der Waals surface area contributed by atoms with Crippen LogP contribution in [0.1, 0.15) is 23.6 Å². The molecule has 126 valence electrons. The highest BCUT2D eigenvalue weighted by Gasteiger charge is 2.28. The zero-order chi connectivity index (χ0) is 17.3. The Morgan fingerprint density at radius 2 is 2.25 bits per heavy atom. The Balaban J connectivity index is 2.26. The number of aliphatic hydroxyl groups excluding tert-OH is 1. The van der Waals surface area contributed by atoms with Crippen molar-refractivity contribution in [2.75, 3.05) is 19.8 Å². The molecule has 0 saturated heterocycles. The maximum atomic E-state index is 12.1. The highest BCUT2D eigenvalue weighted by Crippen LogP contribution is 2.42. The van der Waals surface area contributed by atoms with Crippen molar-refractivity contribution in [3.05, 3.63) is 27.4 Å². The first-order valence-electron chi connectivity index (χ1n) is 7.46. The molecule has 3 rings (SSSR count). The summed E-state index contributed by atoms with van der Waals surface area (Å²) in [6, 6.07) is 3.47. The molecule has 1 unspecified atom stereocenters. The number of carbonyl (C=O) groups excluding carboxylic acids is 1. The van der Waals surface area contributed by atoms with Gasteiger partial charge in [-0.1, -0.05) is 23.2 Å². The number of ether oxygens (including phenoxy) is 1. The van der Waals surface area contributed by atoms with Crippen LogP contribution in [0.3, 0.4) is 0 Å². The number of hydrogen-bond acceptors (Lipinski definition) is 4. The molecular weight excluding hydrogens is 353 g/mol. The predicted octanol–water partition coefficient (Wildman–Crippen LogP) is 2.52. The second-order valence-electron chi connectivity index (χ2n) is 5.57. The van der Waals surface area contributed by atoms with Crippen LogP contribution >= 0.6 is 23.2 Å². The van der Waals surface area contributed by atoms with Crippen molar-refractivity contribution in [2.24, 2.45) is 0 Å². The fraction of sp³-hybridized carbons (Fsp3) is 0.375. The number of H-pyrrole nitrogens is 1. The van der Waals surface area contributed by atoms with Gasteiger partial charge in [0.15, 0.2) is 6.61 Å². The van der Waals surface area contributed by atoms with Crippen LogP contribution < -0.4 is 10.1 Å². The van der Waals surface area contributed by atoms with Crippen LogP contribution in [-0.4, -0.2) is 35.8 Å². The molecule has 0 radical (unpaired) electrons. The van der Waals surface area contributed by atoms with E-state index in [4.69, 9.17) is 33.2 Å². The van der Waals surface area contributed by atoms with E-state index >= 15 is 0 Å². The summed E-state index contributed by atoms with van der Waals surface area (Å²) >= 11 is 12.5. The molecule has 1 aliphatic heterocycles. The molecule has 0 bridgehead atoms. The van der Waals surface area contributed by atoms with E-state index < -0.39 is 0 Å². The summed E-state index contributed by atoms with van der Waals surface area (Å²) in [4.78, 5) is 15.3. The first kappa shape index (κ1) is 16.9. The first-order valence-corrected chi connectivity index (χ1v) is 8.22. The number of nitrogens with one attached hydrogen (secondary N) is 2. The summed E-state index contributed by atoms with van der Waals surface area (Å²) in [5.41, 5.74) is 2.19. The van der Waals surface area contributed by atoms with Crippen LogP contribution in [0.15, 0.2) is 6.07 Å². The smallest absolute Gasteiger partial charge is 0.224 e. The van der Waals surface area contributed by atoms with Crippen molar-refractivity contribution in [1.29, 1.82) is 5.26 Å². The molecular formula is C16H15Cl2N3O3. The van der Waals surface area contributed by atoms with Crippen molar-refractivity contribution < 1.29 is 14.6 Å². The molecule has 1 aliphatic rings. The standard InChI is InChI=1S/C16H15Cl2N3O3/c17-10-6-11(24-4-2-19)13-9-5-12(23)20-7-8(1-3-22)15(9)21-16(13)14(10)18/h6,8,21-22H,1,3-5,7H2,(H,20,23). The molecule has 0 saturated carbocycles. The van der Waals surface area contributed by atoms with Gasteiger partial charge in [-0.25, -0.2) is 0 Å². The minimum atomic E-state index is -0.140. The Bertz CT molecular complexity index is 841. The predicted molar refractivity (Wildman–Crippen MR) is 90.6 cm³/mol. The second-order valence-corrected chi connectivity index (χ2v) is 6.36. The third kappa shape index (κ3) is 2.91. The third-order valence-electron chi connectivity index (χ3n) is 4.13. The van der Waals surface area contributed by atoms with Crippen LogP contribution in [0.4, 0.5) is 0 Å². The summed E-state index contributed by atoms with van der Waals surface area (Å²) < 4.78 is 5.49. The van der Waals surface area contributed by atoms with Crippen molar-refractivity contribution in [3.63, 3.8) is 0 Å². The van der Waals surface area contributed by atoms with Gasteiger partial charge in [0.2, 0.25) is 5.91 Å². The molecule has 2 aromatic rings.